The predicted molar refractivity (Wildman–Crippen MR) is 64.1 cm³/mol. The lowest BCUT2D eigenvalue weighted by atomic mass is 10.1. The fraction of sp³-hybridized carbons (Fsp3) is 1.00. The SMILES string of the molecule is CCN1CCN(CC(NC)C2CC2)CC1. The van der Waals surface area contributed by atoms with Gasteiger partial charge in [-0.05, 0) is 32.4 Å². The van der Waals surface area contributed by atoms with Gasteiger partial charge in [0, 0.05) is 38.8 Å². The number of piperazine rings is 1. The third kappa shape index (κ3) is 3.16. The van der Waals surface area contributed by atoms with E-state index < -0.39 is 0 Å². The molecule has 15 heavy (non-hydrogen) atoms. The summed E-state index contributed by atoms with van der Waals surface area (Å²) in [7, 11) is 2.12. The van der Waals surface area contributed by atoms with Gasteiger partial charge in [0.1, 0.15) is 0 Å². The molecule has 1 saturated heterocycles. The zero-order valence-electron chi connectivity index (χ0n) is 10.2. The van der Waals surface area contributed by atoms with Crippen LogP contribution in [0.1, 0.15) is 19.8 Å². The van der Waals surface area contributed by atoms with Crippen molar-refractivity contribution < 1.29 is 0 Å². The van der Waals surface area contributed by atoms with Crippen LogP contribution < -0.4 is 5.32 Å². The number of nitrogens with one attached hydrogen (secondary N) is 1. The Balaban J connectivity index is 1.70. The minimum absolute atomic E-state index is 0.748. The van der Waals surface area contributed by atoms with E-state index in [-0.39, 0.29) is 0 Å². The third-order valence-corrected chi connectivity index (χ3v) is 3.93. The van der Waals surface area contributed by atoms with Crippen molar-refractivity contribution in [3.8, 4) is 0 Å². The monoisotopic (exact) mass is 211 g/mol. The number of hydrogen-bond donors (Lipinski definition) is 1. The van der Waals surface area contributed by atoms with E-state index in [0.717, 1.165) is 12.0 Å². The van der Waals surface area contributed by atoms with Crippen molar-refractivity contribution in [1.82, 2.24) is 15.1 Å². The molecule has 0 aromatic heterocycles. The molecule has 1 saturated carbocycles. The standard InChI is InChI=1S/C12H25N3/c1-3-14-6-8-15(9-7-14)10-12(13-2)11-4-5-11/h11-13H,3-10H2,1-2H3. The summed E-state index contributed by atoms with van der Waals surface area (Å²) >= 11 is 0. The lowest BCUT2D eigenvalue weighted by molar-refractivity contribution is 0.125. The summed E-state index contributed by atoms with van der Waals surface area (Å²) < 4.78 is 0. The first-order valence-electron chi connectivity index (χ1n) is 6.45. The summed E-state index contributed by atoms with van der Waals surface area (Å²) in [5.41, 5.74) is 0. The molecule has 1 heterocycles. The van der Waals surface area contributed by atoms with Crippen LogP contribution in [0.5, 0.6) is 0 Å². The Kier molecular flexibility index (Phi) is 4.00. The van der Waals surface area contributed by atoms with E-state index in [4.69, 9.17) is 0 Å². The van der Waals surface area contributed by atoms with Gasteiger partial charge in [-0.1, -0.05) is 6.92 Å². The van der Waals surface area contributed by atoms with Gasteiger partial charge in [0.25, 0.3) is 0 Å². The van der Waals surface area contributed by atoms with Gasteiger partial charge in [0.2, 0.25) is 0 Å². The molecule has 3 heteroatoms. The fourth-order valence-corrected chi connectivity index (χ4v) is 2.54. The zero-order chi connectivity index (χ0) is 10.7. The van der Waals surface area contributed by atoms with E-state index in [9.17, 15) is 0 Å². The Bertz CT molecular complexity index is 183. The minimum atomic E-state index is 0.748. The normalized spacial score (nSPS) is 26.8. The number of rotatable bonds is 5. The van der Waals surface area contributed by atoms with Crippen LogP contribution in [0, 0.1) is 5.92 Å². The number of hydrogen-bond acceptors (Lipinski definition) is 3. The van der Waals surface area contributed by atoms with Gasteiger partial charge in [-0.2, -0.15) is 0 Å². The lowest BCUT2D eigenvalue weighted by Gasteiger charge is -2.36. The second-order valence-electron chi connectivity index (χ2n) is 4.97. The summed E-state index contributed by atoms with van der Waals surface area (Å²) in [6.45, 7) is 9.79. The number of likely N-dealkylation sites (N-methyl/N-ethyl adjacent to an activating group) is 2. The molecular formula is C12H25N3. The van der Waals surface area contributed by atoms with Gasteiger partial charge in [-0.3, -0.25) is 4.90 Å². The van der Waals surface area contributed by atoms with Crippen molar-refractivity contribution >= 4 is 0 Å². The molecule has 1 aliphatic heterocycles. The van der Waals surface area contributed by atoms with Gasteiger partial charge in [0.15, 0.2) is 0 Å². The molecule has 88 valence electrons. The fourth-order valence-electron chi connectivity index (χ4n) is 2.54. The molecule has 0 bridgehead atoms. The van der Waals surface area contributed by atoms with Gasteiger partial charge < -0.3 is 10.2 Å². The zero-order valence-corrected chi connectivity index (χ0v) is 10.2. The van der Waals surface area contributed by atoms with Crippen LogP contribution in [0.4, 0.5) is 0 Å². The lowest BCUT2D eigenvalue weighted by Crippen LogP contribution is -2.50. The molecule has 2 aliphatic rings. The first kappa shape index (κ1) is 11.4. The number of nitrogens with zero attached hydrogens (tertiary/aromatic N) is 2. The Morgan fingerprint density at radius 1 is 1.13 bits per heavy atom. The molecule has 3 nitrogen and oxygen atoms in total. The molecule has 0 spiro atoms. The quantitative estimate of drug-likeness (QED) is 0.719. The molecule has 1 unspecified atom stereocenters. The molecule has 0 radical (unpaired) electrons. The molecule has 0 aromatic carbocycles. The second kappa shape index (κ2) is 5.28. The van der Waals surface area contributed by atoms with Gasteiger partial charge in [0.05, 0.1) is 0 Å². The van der Waals surface area contributed by atoms with Crippen LogP contribution in [0.3, 0.4) is 0 Å². The summed E-state index contributed by atoms with van der Waals surface area (Å²) in [5.74, 6) is 0.971. The van der Waals surface area contributed by atoms with Gasteiger partial charge in [-0.15, -0.1) is 0 Å². The van der Waals surface area contributed by atoms with Crippen molar-refractivity contribution in [3.05, 3.63) is 0 Å². The maximum Gasteiger partial charge on any atom is 0.0220 e. The Hall–Kier alpha value is -0.120. The van der Waals surface area contributed by atoms with Crippen LogP contribution >= 0.6 is 0 Å². The van der Waals surface area contributed by atoms with Gasteiger partial charge in [-0.25, -0.2) is 0 Å². The second-order valence-corrected chi connectivity index (χ2v) is 4.97. The summed E-state index contributed by atoms with van der Waals surface area (Å²) in [6.07, 6.45) is 2.89. The van der Waals surface area contributed by atoms with Crippen LogP contribution in [0.15, 0.2) is 0 Å². The Labute approximate surface area is 93.8 Å². The smallest absolute Gasteiger partial charge is 0.0220 e. The average molecular weight is 211 g/mol. The predicted octanol–water partition coefficient (Wildman–Crippen LogP) is 0.622. The third-order valence-electron chi connectivity index (χ3n) is 3.93. The van der Waals surface area contributed by atoms with Crippen LogP contribution in [0.25, 0.3) is 0 Å². The van der Waals surface area contributed by atoms with Crippen molar-refractivity contribution in [3.63, 3.8) is 0 Å². The van der Waals surface area contributed by atoms with E-state index in [0.29, 0.717) is 0 Å². The van der Waals surface area contributed by atoms with E-state index in [2.05, 4.69) is 29.1 Å². The first-order chi connectivity index (χ1) is 7.33. The van der Waals surface area contributed by atoms with Crippen molar-refractivity contribution in [2.45, 2.75) is 25.8 Å². The summed E-state index contributed by atoms with van der Waals surface area (Å²) in [6, 6.07) is 0.748. The van der Waals surface area contributed by atoms with Crippen LogP contribution in [-0.4, -0.2) is 62.2 Å². The van der Waals surface area contributed by atoms with E-state index >= 15 is 0 Å². The maximum atomic E-state index is 3.48. The molecule has 2 rings (SSSR count). The average Bonchev–Trinajstić information content (AvgIpc) is 3.10. The molecule has 0 aromatic rings. The van der Waals surface area contributed by atoms with E-state index in [1.807, 2.05) is 0 Å². The molecule has 1 N–H and O–H groups in total. The van der Waals surface area contributed by atoms with Crippen molar-refractivity contribution in [1.29, 1.82) is 0 Å². The maximum absolute atomic E-state index is 3.48. The Morgan fingerprint density at radius 2 is 1.73 bits per heavy atom. The van der Waals surface area contributed by atoms with E-state index in [1.165, 1.54) is 52.1 Å². The molecule has 0 amide bonds. The van der Waals surface area contributed by atoms with Crippen molar-refractivity contribution in [2.75, 3.05) is 46.3 Å². The summed E-state index contributed by atoms with van der Waals surface area (Å²) in [5, 5.41) is 3.48. The first-order valence-corrected chi connectivity index (χ1v) is 6.45. The topological polar surface area (TPSA) is 18.5 Å². The highest BCUT2D eigenvalue weighted by Gasteiger charge is 2.31. The Morgan fingerprint density at radius 3 is 2.20 bits per heavy atom. The highest BCUT2D eigenvalue weighted by Crippen LogP contribution is 2.32. The highest BCUT2D eigenvalue weighted by atomic mass is 15.3. The van der Waals surface area contributed by atoms with Crippen LogP contribution in [0.2, 0.25) is 0 Å². The largest absolute Gasteiger partial charge is 0.315 e. The minimum Gasteiger partial charge on any atom is -0.315 e. The van der Waals surface area contributed by atoms with Gasteiger partial charge >= 0.3 is 0 Å². The molecular weight excluding hydrogens is 186 g/mol. The molecule has 1 atom stereocenters. The summed E-state index contributed by atoms with van der Waals surface area (Å²) in [4.78, 5) is 5.17. The highest BCUT2D eigenvalue weighted by molar-refractivity contribution is 4.88. The van der Waals surface area contributed by atoms with Crippen LogP contribution in [-0.2, 0) is 0 Å². The van der Waals surface area contributed by atoms with E-state index in [1.54, 1.807) is 0 Å². The molecule has 2 fully saturated rings. The molecule has 1 aliphatic carbocycles. The van der Waals surface area contributed by atoms with Crippen molar-refractivity contribution in [2.24, 2.45) is 5.92 Å².